The maximum atomic E-state index is 12.3. The molecule has 1 saturated heterocycles. The summed E-state index contributed by atoms with van der Waals surface area (Å²) in [5.41, 5.74) is 1.58. The van der Waals surface area contributed by atoms with E-state index in [1.807, 2.05) is 56.4 Å². The van der Waals surface area contributed by atoms with Crippen molar-refractivity contribution in [3.05, 3.63) is 54.0 Å². The molecule has 3 heterocycles. The van der Waals surface area contributed by atoms with Gasteiger partial charge >= 0.3 is 13.8 Å². The number of hydrogen-bond acceptors (Lipinski definition) is 9. The summed E-state index contributed by atoms with van der Waals surface area (Å²) in [7, 11) is -0.677. The predicted octanol–water partition coefficient (Wildman–Crippen LogP) is 1.90. The maximum absolute atomic E-state index is 12.3. The van der Waals surface area contributed by atoms with Gasteiger partial charge in [0.2, 0.25) is 0 Å². The van der Waals surface area contributed by atoms with Gasteiger partial charge in [0.05, 0.1) is 24.6 Å². The summed E-state index contributed by atoms with van der Waals surface area (Å²) in [5.74, 6) is 0.238. The number of phosphoric ester groups is 1. The van der Waals surface area contributed by atoms with Crippen molar-refractivity contribution in [3.63, 3.8) is 0 Å². The Kier molecular flexibility index (Phi) is 9.38. The number of pyridine rings is 2. The van der Waals surface area contributed by atoms with Gasteiger partial charge in [0.15, 0.2) is 0 Å². The molecule has 1 aliphatic rings. The topological polar surface area (TPSA) is 120 Å². The molecule has 0 spiro atoms. The average Bonchev–Trinajstić information content (AvgIpc) is 3.15. The Labute approximate surface area is 199 Å². The molecule has 0 aliphatic carbocycles. The third-order valence-corrected chi connectivity index (χ3v) is 6.03. The van der Waals surface area contributed by atoms with Gasteiger partial charge in [-0.05, 0) is 36.4 Å². The fourth-order valence-electron chi connectivity index (χ4n) is 3.41. The summed E-state index contributed by atoms with van der Waals surface area (Å²) in [6, 6.07) is 11.1. The van der Waals surface area contributed by atoms with Crippen LogP contribution < -0.4 is 4.90 Å². The maximum Gasteiger partial charge on any atom is 0.472 e. The highest BCUT2D eigenvalue weighted by molar-refractivity contribution is 7.47. The number of nitrogens with zero attached hydrogens (tertiary/aromatic N) is 3. The van der Waals surface area contributed by atoms with Gasteiger partial charge in [-0.15, -0.1) is 0 Å². The van der Waals surface area contributed by atoms with Gasteiger partial charge in [0.25, 0.3) is 0 Å². The van der Waals surface area contributed by atoms with E-state index in [0.29, 0.717) is 18.8 Å². The molecule has 34 heavy (non-hydrogen) atoms. The summed E-state index contributed by atoms with van der Waals surface area (Å²) >= 11 is 0. The SMILES string of the molecule is B[C@H]1C[C@@H](OC(C)=O)C(COP(=O)(O)OCCN(C)c2cccc(/C=C/c3ccccn3)n2)O1. The molecule has 0 aromatic carbocycles. The Morgan fingerprint density at radius 1 is 1.26 bits per heavy atom. The fourth-order valence-corrected chi connectivity index (χ4v) is 4.13. The number of phosphoric acid groups is 1. The van der Waals surface area contributed by atoms with Gasteiger partial charge in [-0.25, -0.2) is 9.55 Å². The Bertz CT molecular complexity index is 1030. The van der Waals surface area contributed by atoms with Crippen LogP contribution in [-0.4, -0.2) is 73.7 Å². The zero-order chi connectivity index (χ0) is 24.6. The molecule has 1 fully saturated rings. The van der Waals surface area contributed by atoms with Crippen LogP contribution in [0.4, 0.5) is 5.82 Å². The second-order valence-electron chi connectivity index (χ2n) is 7.90. The minimum atomic E-state index is -4.31. The molecular weight excluding hydrogens is 460 g/mol. The summed E-state index contributed by atoms with van der Waals surface area (Å²) in [6.45, 7) is 1.33. The lowest BCUT2D eigenvalue weighted by Crippen LogP contribution is -2.30. The lowest BCUT2D eigenvalue weighted by Gasteiger charge is -2.21. The molecule has 12 heteroatoms. The van der Waals surface area contributed by atoms with Crippen LogP contribution in [0, 0.1) is 0 Å². The van der Waals surface area contributed by atoms with Gasteiger partial charge in [-0.3, -0.25) is 18.8 Å². The largest absolute Gasteiger partial charge is 0.472 e. The molecule has 2 aromatic heterocycles. The number of hydrogen-bond donors (Lipinski definition) is 1. The molecule has 0 amide bonds. The van der Waals surface area contributed by atoms with Gasteiger partial charge in [-0.2, -0.15) is 0 Å². The Balaban J connectivity index is 1.46. The first-order valence-electron chi connectivity index (χ1n) is 10.9. The van der Waals surface area contributed by atoms with Crippen LogP contribution in [0.5, 0.6) is 0 Å². The van der Waals surface area contributed by atoms with Crippen molar-refractivity contribution in [1.29, 1.82) is 0 Å². The van der Waals surface area contributed by atoms with E-state index < -0.39 is 26.0 Å². The van der Waals surface area contributed by atoms with Gasteiger partial charge in [0, 0.05) is 39.1 Å². The first-order valence-corrected chi connectivity index (χ1v) is 12.4. The first-order chi connectivity index (χ1) is 16.2. The van der Waals surface area contributed by atoms with E-state index in [2.05, 4.69) is 9.97 Å². The van der Waals surface area contributed by atoms with Crippen LogP contribution in [0.25, 0.3) is 12.2 Å². The quantitative estimate of drug-likeness (QED) is 0.285. The lowest BCUT2D eigenvalue weighted by atomic mass is 9.96. The van der Waals surface area contributed by atoms with E-state index in [-0.39, 0.29) is 19.2 Å². The van der Waals surface area contributed by atoms with Gasteiger partial charge < -0.3 is 19.3 Å². The van der Waals surface area contributed by atoms with Crippen LogP contribution in [-0.2, 0) is 27.9 Å². The fraction of sp³-hybridized carbons (Fsp3) is 0.409. The number of aromatic nitrogens is 2. The molecule has 0 bridgehead atoms. The van der Waals surface area contributed by atoms with Crippen molar-refractivity contribution in [1.82, 2.24) is 9.97 Å². The molecule has 0 saturated carbocycles. The van der Waals surface area contributed by atoms with Crippen molar-refractivity contribution < 1.29 is 32.8 Å². The highest BCUT2D eigenvalue weighted by Crippen LogP contribution is 2.43. The smallest absolute Gasteiger partial charge is 0.460 e. The molecule has 3 rings (SSSR count). The summed E-state index contributed by atoms with van der Waals surface area (Å²) < 4.78 is 33.3. The number of anilines is 1. The molecule has 182 valence electrons. The number of esters is 1. The molecule has 2 unspecified atom stereocenters. The summed E-state index contributed by atoms with van der Waals surface area (Å²) in [5, 5.41) is 0. The van der Waals surface area contributed by atoms with Gasteiger partial charge in [0.1, 0.15) is 25.9 Å². The Hall–Kier alpha value is -2.56. The number of likely N-dealkylation sites (N-methyl/N-ethyl adjacent to an activating group) is 1. The zero-order valence-electron chi connectivity index (χ0n) is 19.4. The van der Waals surface area contributed by atoms with Crippen LogP contribution in [0.3, 0.4) is 0 Å². The molecular formula is C22H29BN3O7P. The number of rotatable bonds is 11. The third-order valence-electron chi connectivity index (χ3n) is 5.05. The molecule has 10 nitrogen and oxygen atoms in total. The first kappa shape index (κ1) is 26.1. The van der Waals surface area contributed by atoms with Crippen molar-refractivity contribution in [2.24, 2.45) is 0 Å². The van der Waals surface area contributed by atoms with E-state index in [9.17, 15) is 14.3 Å². The normalized spacial score (nSPS) is 21.9. The Morgan fingerprint density at radius 3 is 2.76 bits per heavy atom. The highest BCUT2D eigenvalue weighted by Gasteiger charge is 2.37. The van der Waals surface area contributed by atoms with Gasteiger partial charge in [-0.1, -0.05) is 12.1 Å². The number of carbonyl (C=O) groups excluding carboxylic acids is 1. The van der Waals surface area contributed by atoms with Crippen molar-refractivity contribution >= 4 is 39.6 Å². The second kappa shape index (κ2) is 12.2. The monoisotopic (exact) mass is 489 g/mol. The van der Waals surface area contributed by atoms with Crippen LogP contribution in [0.1, 0.15) is 24.7 Å². The molecule has 1 aliphatic heterocycles. The van der Waals surface area contributed by atoms with Crippen molar-refractivity contribution in [3.8, 4) is 0 Å². The van der Waals surface area contributed by atoms with E-state index in [0.717, 1.165) is 11.4 Å². The van der Waals surface area contributed by atoms with E-state index >= 15 is 0 Å². The molecule has 1 N–H and O–H groups in total. The van der Waals surface area contributed by atoms with Crippen LogP contribution >= 0.6 is 7.82 Å². The van der Waals surface area contributed by atoms with Crippen molar-refractivity contribution in [2.45, 2.75) is 31.6 Å². The Morgan fingerprint density at radius 2 is 2.03 bits per heavy atom. The minimum absolute atomic E-state index is 0.0603. The summed E-state index contributed by atoms with van der Waals surface area (Å²) in [4.78, 5) is 31.9. The average molecular weight is 489 g/mol. The number of carbonyl (C=O) groups is 1. The van der Waals surface area contributed by atoms with E-state index in [1.54, 1.807) is 18.1 Å². The standard InChI is InChI=1S/C22H29BN3O7P/c1-16(27)32-19-14-21(23)33-20(19)15-31-34(28,29)30-13-12-26(2)22-8-5-7-18(25-22)10-9-17-6-3-4-11-24-17/h3-11,19-21H,12-15,23H2,1-2H3,(H,28,29)/b10-9+/t19-,20?,21-/m1/s1. The van der Waals surface area contributed by atoms with Crippen molar-refractivity contribution in [2.75, 3.05) is 31.7 Å². The minimum Gasteiger partial charge on any atom is -0.460 e. The lowest BCUT2D eigenvalue weighted by molar-refractivity contribution is -0.149. The van der Waals surface area contributed by atoms with E-state index in [4.69, 9.17) is 18.5 Å². The molecule has 0 radical (unpaired) electrons. The molecule has 4 atom stereocenters. The third kappa shape index (κ3) is 8.34. The zero-order valence-corrected chi connectivity index (χ0v) is 20.3. The molecule has 2 aromatic rings. The van der Waals surface area contributed by atoms with E-state index in [1.165, 1.54) is 6.92 Å². The highest BCUT2D eigenvalue weighted by atomic mass is 31.2. The summed E-state index contributed by atoms with van der Waals surface area (Å²) in [6.07, 6.45) is 4.80. The van der Waals surface area contributed by atoms with Crippen LogP contribution in [0.15, 0.2) is 42.6 Å². The van der Waals surface area contributed by atoms with Crippen LogP contribution in [0.2, 0.25) is 0 Å². The second-order valence-corrected chi connectivity index (χ2v) is 9.35. The predicted molar refractivity (Wildman–Crippen MR) is 130 cm³/mol. The number of ether oxygens (including phenoxy) is 2.